The second-order valence-corrected chi connectivity index (χ2v) is 6.92. The van der Waals surface area contributed by atoms with Crippen LogP contribution in [0.3, 0.4) is 0 Å². The molecule has 0 aromatic rings. The molecule has 1 rings (SSSR count). The number of hydrogen-bond donors (Lipinski definition) is 2. The summed E-state index contributed by atoms with van der Waals surface area (Å²) in [4.78, 5) is 32.2. The maximum atomic E-state index is 12.3. The van der Waals surface area contributed by atoms with Crippen LogP contribution in [0.5, 0.6) is 0 Å². The van der Waals surface area contributed by atoms with Crippen molar-refractivity contribution in [1.82, 2.24) is 20.4 Å². The fourth-order valence-corrected chi connectivity index (χ4v) is 2.91. The Labute approximate surface area is 152 Å². The first-order chi connectivity index (χ1) is 12.0. The number of unbranched alkanes of at least 4 members (excludes halogenated alkanes) is 2. The van der Waals surface area contributed by atoms with Gasteiger partial charge in [-0.25, -0.2) is 0 Å². The molecule has 0 aromatic carbocycles. The first-order valence-corrected chi connectivity index (χ1v) is 9.41. The minimum atomic E-state index is 0.214. The van der Waals surface area contributed by atoms with Crippen molar-refractivity contribution in [2.75, 3.05) is 46.8 Å². The van der Waals surface area contributed by atoms with Crippen molar-refractivity contribution in [1.29, 1.82) is 0 Å². The van der Waals surface area contributed by atoms with Gasteiger partial charge >= 0.3 is 0 Å². The van der Waals surface area contributed by atoms with Gasteiger partial charge in [0.15, 0.2) is 5.96 Å². The van der Waals surface area contributed by atoms with Crippen molar-refractivity contribution < 1.29 is 9.59 Å². The van der Waals surface area contributed by atoms with Crippen molar-refractivity contribution in [3.63, 3.8) is 0 Å². The van der Waals surface area contributed by atoms with Gasteiger partial charge in [-0.2, -0.15) is 0 Å². The van der Waals surface area contributed by atoms with Gasteiger partial charge in [-0.1, -0.05) is 20.3 Å². The molecule has 0 aromatic heterocycles. The number of nitrogens with zero attached hydrogens (tertiary/aromatic N) is 3. The summed E-state index contributed by atoms with van der Waals surface area (Å²) in [6.07, 6.45) is 4.14. The van der Waals surface area contributed by atoms with E-state index in [0.717, 1.165) is 31.8 Å². The van der Waals surface area contributed by atoms with Crippen LogP contribution in [-0.4, -0.2) is 74.4 Å². The van der Waals surface area contributed by atoms with Crippen LogP contribution in [0.2, 0.25) is 0 Å². The van der Waals surface area contributed by atoms with E-state index in [1.165, 1.54) is 0 Å². The maximum Gasteiger partial charge on any atom is 0.222 e. The normalized spacial score (nSPS) is 15.5. The van der Waals surface area contributed by atoms with Gasteiger partial charge < -0.3 is 20.4 Å². The van der Waals surface area contributed by atoms with E-state index >= 15 is 0 Å². The van der Waals surface area contributed by atoms with Crippen LogP contribution in [0.15, 0.2) is 4.99 Å². The third-order valence-corrected chi connectivity index (χ3v) is 4.39. The first kappa shape index (κ1) is 21.3. The molecule has 1 saturated heterocycles. The van der Waals surface area contributed by atoms with Crippen molar-refractivity contribution in [2.24, 2.45) is 10.9 Å². The molecule has 0 saturated carbocycles. The van der Waals surface area contributed by atoms with Crippen LogP contribution in [-0.2, 0) is 9.59 Å². The Morgan fingerprint density at radius 3 is 2.12 bits per heavy atom. The van der Waals surface area contributed by atoms with E-state index in [1.807, 2.05) is 16.8 Å². The van der Waals surface area contributed by atoms with E-state index in [2.05, 4.69) is 29.5 Å². The molecule has 1 fully saturated rings. The lowest BCUT2D eigenvalue weighted by molar-refractivity contribution is -0.140. The Morgan fingerprint density at radius 2 is 1.60 bits per heavy atom. The van der Waals surface area contributed by atoms with Crippen LogP contribution in [0.4, 0.5) is 0 Å². The highest BCUT2D eigenvalue weighted by Crippen LogP contribution is 2.10. The highest BCUT2D eigenvalue weighted by molar-refractivity contribution is 5.79. The molecule has 144 valence electrons. The summed E-state index contributed by atoms with van der Waals surface area (Å²) in [5, 5.41) is 6.18. The smallest absolute Gasteiger partial charge is 0.222 e. The number of carbonyl (C=O) groups is 2. The Balaban J connectivity index is 2.13. The summed E-state index contributed by atoms with van der Waals surface area (Å²) in [5.74, 6) is 1.61. The third-order valence-electron chi connectivity index (χ3n) is 4.39. The molecule has 7 nitrogen and oxygen atoms in total. The monoisotopic (exact) mass is 353 g/mol. The molecule has 1 aliphatic rings. The molecule has 1 aliphatic heterocycles. The van der Waals surface area contributed by atoms with Gasteiger partial charge in [0.25, 0.3) is 0 Å². The van der Waals surface area contributed by atoms with Gasteiger partial charge in [-0.05, 0) is 18.8 Å². The molecular weight excluding hydrogens is 318 g/mol. The molecular formula is C18H35N5O2. The summed E-state index contributed by atoms with van der Waals surface area (Å²) in [6.45, 7) is 7.65. The van der Waals surface area contributed by atoms with E-state index in [9.17, 15) is 9.59 Å². The van der Waals surface area contributed by atoms with Crippen molar-refractivity contribution in [2.45, 2.75) is 46.0 Å². The van der Waals surface area contributed by atoms with Crippen molar-refractivity contribution in [3.8, 4) is 0 Å². The number of piperazine rings is 1. The number of hydrogen-bond acceptors (Lipinski definition) is 3. The Bertz CT molecular complexity index is 443. The van der Waals surface area contributed by atoms with E-state index < -0.39 is 0 Å². The number of rotatable bonds is 8. The Kier molecular flexibility index (Phi) is 9.96. The Morgan fingerprint density at radius 1 is 1.00 bits per heavy atom. The lowest BCUT2D eigenvalue weighted by Crippen LogP contribution is -2.50. The van der Waals surface area contributed by atoms with Crippen LogP contribution < -0.4 is 10.6 Å². The van der Waals surface area contributed by atoms with Gasteiger partial charge in [0.1, 0.15) is 0 Å². The van der Waals surface area contributed by atoms with Crippen LogP contribution >= 0.6 is 0 Å². The lowest BCUT2D eigenvalue weighted by Gasteiger charge is -2.35. The highest BCUT2D eigenvalue weighted by Gasteiger charge is 2.23. The molecule has 2 N–H and O–H groups in total. The quantitative estimate of drug-likeness (QED) is 0.389. The maximum absolute atomic E-state index is 12.3. The molecule has 0 spiro atoms. The average molecular weight is 354 g/mol. The molecule has 7 heteroatoms. The molecule has 1 heterocycles. The molecule has 2 amide bonds. The van der Waals surface area contributed by atoms with E-state index in [-0.39, 0.29) is 11.8 Å². The lowest BCUT2D eigenvalue weighted by atomic mass is 10.1. The topological polar surface area (TPSA) is 77.0 Å². The largest absolute Gasteiger partial charge is 0.359 e. The van der Waals surface area contributed by atoms with E-state index in [1.54, 1.807) is 7.05 Å². The van der Waals surface area contributed by atoms with E-state index in [4.69, 9.17) is 0 Å². The SMILES string of the molecule is CN=C(NC)NCCCCCC(=O)N1CCN(C(=O)CC(C)C)CC1. The Hall–Kier alpha value is -1.79. The average Bonchev–Trinajstić information content (AvgIpc) is 2.60. The van der Waals surface area contributed by atoms with Crippen molar-refractivity contribution >= 4 is 17.8 Å². The zero-order chi connectivity index (χ0) is 18.7. The molecule has 0 bridgehead atoms. The highest BCUT2D eigenvalue weighted by atomic mass is 16.2. The minimum absolute atomic E-state index is 0.214. The number of aliphatic imine (C=N–C) groups is 1. The van der Waals surface area contributed by atoms with Gasteiger partial charge in [-0.3, -0.25) is 14.6 Å². The van der Waals surface area contributed by atoms with Crippen LogP contribution in [0.1, 0.15) is 46.0 Å². The molecule has 0 aliphatic carbocycles. The summed E-state index contributed by atoms with van der Waals surface area (Å²) in [7, 11) is 3.58. The van der Waals surface area contributed by atoms with Crippen LogP contribution in [0.25, 0.3) is 0 Å². The van der Waals surface area contributed by atoms with E-state index in [0.29, 0.717) is 44.9 Å². The summed E-state index contributed by atoms with van der Waals surface area (Å²) >= 11 is 0. The molecule has 25 heavy (non-hydrogen) atoms. The predicted molar refractivity (Wildman–Crippen MR) is 102 cm³/mol. The fourth-order valence-electron chi connectivity index (χ4n) is 2.91. The molecule has 0 atom stereocenters. The summed E-state index contributed by atoms with van der Waals surface area (Å²) < 4.78 is 0. The fraction of sp³-hybridized carbons (Fsp3) is 0.833. The van der Waals surface area contributed by atoms with Gasteiger partial charge in [0.05, 0.1) is 0 Å². The van der Waals surface area contributed by atoms with Crippen molar-refractivity contribution in [3.05, 3.63) is 0 Å². The van der Waals surface area contributed by atoms with Gasteiger partial charge in [-0.15, -0.1) is 0 Å². The molecule has 0 unspecified atom stereocenters. The number of nitrogens with one attached hydrogen (secondary N) is 2. The minimum Gasteiger partial charge on any atom is -0.359 e. The standard InChI is InChI=1S/C18H35N5O2/c1-15(2)14-17(25)23-12-10-22(11-13-23)16(24)8-6-5-7-9-21-18(19-3)20-4/h15H,5-14H2,1-4H3,(H2,19,20,21). The second-order valence-electron chi connectivity index (χ2n) is 6.92. The number of guanidine groups is 1. The zero-order valence-corrected chi connectivity index (χ0v) is 16.3. The third kappa shape index (κ3) is 8.23. The number of carbonyl (C=O) groups excluding carboxylic acids is 2. The summed E-state index contributed by atoms with van der Waals surface area (Å²) in [5.41, 5.74) is 0. The van der Waals surface area contributed by atoms with Gasteiger partial charge in [0.2, 0.25) is 11.8 Å². The number of amides is 2. The predicted octanol–water partition coefficient (Wildman–Crippen LogP) is 1.06. The second kappa shape index (κ2) is 11.7. The van der Waals surface area contributed by atoms with Crippen LogP contribution in [0, 0.1) is 5.92 Å². The molecule has 0 radical (unpaired) electrons. The van der Waals surface area contributed by atoms with Gasteiger partial charge in [0, 0.05) is 59.7 Å². The zero-order valence-electron chi connectivity index (χ0n) is 16.3. The first-order valence-electron chi connectivity index (χ1n) is 9.41. The summed E-state index contributed by atoms with van der Waals surface area (Å²) in [6, 6.07) is 0.